The van der Waals surface area contributed by atoms with E-state index in [1.807, 2.05) is 37.3 Å². The van der Waals surface area contributed by atoms with Crippen LogP contribution in [0.2, 0.25) is 0 Å². The molecular weight excluding hydrogens is 406 g/mol. The fourth-order valence-electron chi connectivity index (χ4n) is 4.05. The fourth-order valence-corrected chi connectivity index (χ4v) is 4.05. The maximum Gasteiger partial charge on any atom is 0.270 e. The van der Waals surface area contributed by atoms with Crippen molar-refractivity contribution in [3.8, 4) is 11.4 Å². The lowest BCUT2D eigenvalue weighted by atomic mass is 10.2. The van der Waals surface area contributed by atoms with Crippen LogP contribution in [-0.4, -0.2) is 51.0 Å². The van der Waals surface area contributed by atoms with Crippen LogP contribution >= 0.6 is 0 Å². The van der Waals surface area contributed by atoms with Gasteiger partial charge in [-0.05, 0) is 25.5 Å². The molecule has 0 bridgehead atoms. The maximum absolute atomic E-state index is 11.2. The number of para-hydroxylation sites is 2. The van der Waals surface area contributed by atoms with Gasteiger partial charge in [0.15, 0.2) is 5.82 Å². The van der Waals surface area contributed by atoms with Crippen LogP contribution in [0.15, 0.2) is 54.6 Å². The van der Waals surface area contributed by atoms with Gasteiger partial charge in [0.2, 0.25) is 5.95 Å². The van der Waals surface area contributed by atoms with Gasteiger partial charge in [0.25, 0.3) is 5.69 Å². The number of aromatic amines is 1. The van der Waals surface area contributed by atoms with E-state index in [1.54, 1.807) is 12.1 Å². The molecule has 162 valence electrons. The molecule has 4 aromatic rings. The van der Waals surface area contributed by atoms with Gasteiger partial charge in [0.05, 0.1) is 16.0 Å². The van der Waals surface area contributed by atoms with Crippen molar-refractivity contribution in [3.05, 3.63) is 70.4 Å². The molecule has 0 amide bonds. The van der Waals surface area contributed by atoms with E-state index >= 15 is 0 Å². The quantitative estimate of drug-likeness (QED) is 0.387. The molecular formula is C23H23N7O2. The topological polar surface area (TPSA) is 104 Å². The largest absolute Gasteiger partial charge is 0.355 e. The Morgan fingerprint density at radius 3 is 2.59 bits per heavy atom. The zero-order valence-electron chi connectivity index (χ0n) is 17.7. The standard InChI is InChI=1S/C23H23N7O2/c1-16-14-21(27-22(24-16)17-6-4-7-18(15-17)30(31)32)28-10-5-11-29(13-12-28)23-25-19-8-2-3-9-20(19)26-23/h2-4,6-9,14-15H,5,10-13H2,1H3,(H,25,26). The monoisotopic (exact) mass is 429 g/mol. The second kappa shape index (κ2) is 8.26. The average Bonchev–Trinajstić information content (AvgIpc) is 3.08. The number of hydrogen-bond donors (Lipinski definition) is 1. The second-order valence-corrected chi connectivity index (χ2v) is 7.90. The Morgan fingerprint density at radius 1 is 0.938 bits per heavy atom. The van der Waals surface area contributed by atoms with Crippen LogP contribution in [0.1, 0.15) is 12.1 Å². The predicted octanol–water partition coefficient (Wildman–Crippen LogP) is 3.95. The number of benzene rings is 2. The summed E-state index contributed by atoms with van der Waals surface area (Å²) in [5, 5.41) is 11.2. The number of rotatable bonds is 4. The number of imidazole rings is 1. The molecule has 1 aliphatic rings. The zero-order valence-corrected chi connectivity index (χ0v) is 17.7. The molecule has 9 nitrogen and oxygen atoms in total. The van der Waals surface area contributed by atoms with Crippen molar-refractivity contribution >= 4 is 28.5 Å². The van der Waals surface area contributed by atoms with E-state index in [0.717, 1.165) is 61.1 Å². The first-order valence-electron chi connectivity index (χ1n) is 10.6. The number of hydrogen-bond acceptors (Lipinski definition) is 7. The summed E-state index contributed by atoms with van der Waals surface area (Å²) in [6.07, 6.45) is 0.965. The number of aromatic nitrogens is 4. The fraction of sp³-hybridized carbons (Fsp3) is 0.261. The summed E-state index contributed by atoms with van der Waals surface area (Å²) in [7, 11) is 0. The Labute approximate surface area is 184 Å². The lowest BCUT2D eigenvalue weighted by Crippen LogP contribution is -2.31. The van der Waals surface area contributed by atoms with Gasteiger partial charge in [-0.1, -0.05) is 24.3 Å². The van der Waals surface area contributed by atoms with Gasteiger partial charge < -0.3 is 14.8 Å². The van der Waals surface area contributed by atoms with E-state index in [-0.39, 0.29) is 5.69 Å². The van der Waals surface area contributed by atoms with Crippen molar-refractivity contribution in [3.63, 3.8) is 0 Å². The molecule has 1 aliphatic heterocycles. The van der Waals surface area contributed by atoms with Gasteiger partial charge in [-0.2, -0.15) is 0 Å². The van der Waals surface area contributed by atoms with Gasteiger partial charge in [-0.3, -0.25) is 10.1 Å². The summed E-state index contributed by atoms with van der Waals surface area (Å²) < 4.78 is 0. The average molecular weight is 429 g/mol. The highest BCUT2D eigenvalue weighted by atomic mass is 16.6. The molecule has 1 fully saturated rings. The number of nitro groups is 1. The molecule has 0 radical (unpaired) electrons. The van der Waals surface area contributed by atoms with Gasteiger partial charge in [-0.25, -0.2) is 15.0 Å². The molecule has 0 aliphatic carbocycles. The zero-order chi connectivity index (χ0) is 22.1. The molecule has 0 atom stereocenters. The number of non-ortho nitro benzene ring substituents is 1. The predicted molar refractivity (Wildman–Crippen MR) is 124 cm³/mol. The van der Waals surface area contributed by atoms with E-state index < -0.39 is 4.92 Å². The third kappa shape index (κ3) is 3.96. The molecule has 1 N–H and O–H groups in total. The molecule has 5 rings (SSSR count). The van der Waals surface area contributed by atoms with Crippen LogP contribution in [0.3, 0.4) is 0 Å². The normalized spacial score (nSPS) is 14.5. The molecule has 0 saturated carbocycles. The van der Waals surface area contributed by atoms with Crippen molar-refractivity contribution in [2.45, 2.75) is 13.3 Å². The molecule has 0 spiro atoms. The highest BCUT2D eigenvalue weighted by molar-refractivity contribution is 5.77. The minimum atomic E-state index is -0.401. The molecule has 2 aromatic heterocycles. The third-order valence-electron chi connectivity index (χ3n) is 5.65. The third-order valence-corrected chi connectivity index (χ3v) is 5.65. The van der Waals surface area contributed by atoms with Crippen LogP contribution in [0.5, 0.6) is 0 Å². The Balaban J connectivity index is 1.38. The molecule has 1 saturated heterocycles. The molecule has 0 unspecified atom stereocenters. The van der Waals surface area contributed by atoms with E-state index in [2.05, 4.69) is 19.8 Å². The van der Waals surface area contributed by atoms with Crippen molar-refractivity contribution < 1.29 is 4.92 Å². The second-order valence-electron chi connectivity index (χ2n) is 7.90. The van der Waals surface area contributed by atoms with Gasteiger partial charge >= 0.3 is 0 Å². The summed E-state index contributed by atoms with van der Waals surface area (Å²) in [6, 6.07) is 16.5. The van der Waals surface area contributed by atoms with Crippen molar-refractivity contribution in [1.29, 1.82) is 0 Å². The SMILES string of the molecule is Cc1cc(N2CCCN(c3nc4ccccc4[nH]3)CC2)nc(-c2cccc([N+](=O)[O-])c2)n1. The molecule has 32 heavy (non-hydrogen) atoms. The first kappa shape index (κ1) is 19.9. The molecule has 3 heterocycles. The Morgan fingerprint density at radius 2 is 1.75 bits per heavy atom. The van der Waals surface area contributed by atoms with Gasteiger partial charge in [0.1, 0.15) is 5.82 Å². The maximum atomic E-state index is 11.2. The highest BCUT2D eigenvalue weighted by Crippen LogP contribution is 2.25. The Kier molecular flexibility index (Phi) is 5.14. The Hall–Kier alpha value is -4.01. The number of anilines is 2. The van der Waals surface area contributed by atoms with Gasteiger partial charge in [-0.15, -0.1) is 0 Å². The summed E-state index contributed by atoms with van der Waals surface area (Å²) >= 11 is 0. The molecule has 9 heteroatoms. The van der Waals surface area contributed by atoms with E-state index in [0.29, 0.717) is 11.4 Å². The van der Waals surface area contributed by atoms with Crippen molar-refractivity contribution in [2.75, 3.05) is 36.0 Å². The number of aryl methyl sites for hydroxylation is 1. The van der Waals surface area contributed by atoms with Gasteiger partial charge in [0, 0.05) is 55.6 Å². The summed E-state index contributed by atoms with van der Waals surface area (Å²) in [6.45, 7) is 5.29. The van der Waals surface area contributed by atoms with E-state index in [1.165, 1.54) is 12.1 Å². The van der Waals surface area contributed by atoms with Crippen LogP contribution < -0.4 is 9.80 Å². The number of nitro benzene ring substituents is 1. The van der Waals surface area contributed by atoms with Crippen molar-refractivity contribution in [1.82, 2.24) is 19.9 Å². The number of nitrogens with zero attached hydrogens (tertiary/aromatic N) is 6. The first-order valence-corrected chi connectivity index (χ1v) is 10.6. The van der Waals surface area contributed by atoms with Crippen LogP contribution in [-0.2, 0) is 0 Å². The molecule has 2 aromatic carbocycles. The number of H-pyrrole nitrogens is 1. The summed E-state index contributed by atoms with van der Waals surface area (Å²) in [5.41, 5.74) is 3.51. The number of nitrogens with one attached hydrogen (secondary N) is 1. The summed E-state index contributed by atoms with van der Waals surface area (Å²) in [4.78, 5) is 32.7. The number of fused-ring (bicyclic) bond motifs is 1. The van der Waals surface area contributed by atoms with E-state index in [4.69, 9.17) is 9.97 Å². The lowest BCUT2D eigenvalue weighted by molar-refractivity contribution is -0.384. The highest BCUT2D eigenvalue weighted by Gasteiger charge is 2.20. The summed E-state index contributed by atoms with van der Waals surface area (Å²) in [5.74, 6) is 2.23. The lowest BCUT2D eigenvalue weighted by Gasteiger charge is -2.23. The minimum Gasteiger partial charge on any atom is -0.355 e. The first-order chi connectivity index (χ1) is 15.6. The smallest absolute Gasteiger partial charge is 0.270 e. The van der Waals surface area contributed by atoms with Crippen LogP contribution in [0.25, 0.3) is 22.4 Å². The van der Waals surface area contributed by atoms with Crippen LogP contribution in [0, 0.1) is 17.0 Å². The Bertz CT molecular complexity index is 1250. The van der Waals surface area contributed by atoms with E-state index in [9.17, 15) is 10.1 Å². The minimum absolute atomic E-state index is 0.0328. The van der Waals surface area contributed by atoms with Crippen LogP contribution in [0.4, 0.5) is 17.5 Å². The van der Waals surface area contributed by atoms with Crippen molar-refractivity contribution in [2.24, 2.45) is 0 Å².